The first kappa shape index (κ1) is 15.3. The van der Waals surface area contributed by atoms with Crippen LogP contribution in [0.3, 0.4) is 0 Å². The molecule has 0 aliphatic rings. The Labute approximate surface area is 133 Å². The van der Waals surface area contributed by atoms with Gasteiger partial charge in [-0.15, -0.1) is 0 Å². The molecule has 0 fully saturated rings. The number of halogens is 2. The first-order valence-corrected chi connectivity index (χ1v) is 7.56. The number of hydrogen-bond acceptors (Lipinski definition) is 5. The third-order valence-electron chi connectivity index (χ3n) is 3.02. The predicted molar refractivity (Wildman–Crippen MR) is 82.1 cm³/mol. The quantitative estimate of drug-likeness (QED) is 0.774. The number of ether oxygens (including phenoxy) is 1. The first-order valence-electron chi connectivity index (χ1n) is 6.74. The molecular weight excluding hydrogens is 326 g/mol. The molecule has 0 radical (unpaired) electrons. The summed E-state index contributed by atoms with van der Waals surface area (Å²) in [6, 6.07) is 4.43. The Bertz CT molecular complexity index is 846. The summed E-state index contributed by atoms with van der Waals surface area (Å²) < 4.78 is 31.1. The highest BCUT2D eigenvalue weighted by molar-refractivity contribution is 7.22. The Balaban J connectivity index is 1.78. The molecule has 6 nitrogen and oxygen atoms in total. The van der Waals surface area contributed by atoms with Gasteiger partial charge in [-0.3, -0.25) is 14.8 Å². The van der Waals surface area contributed by atoms with E-state index in [-0.39, 0.29) is 11.7 Å². The number of alkyl halides is 2. The van der Waals surface area contributed by atoms with Crippen LogP contribution in [0.4, 0.5) is 13.9 Å². The van der Waals surface area contributed by atoms with Crippen molar-refractivity contribution in [1.82, 2.24) is 14.8 Å². The van der Waals surface area contributed by atoms with Crippen molar-refractivity contribution in [2.24, 2.45) is 0 Å². The van der Waals surface area contributed by atoms with Gasteiger partial charge in [-0.2, -0.15) is 13.9 Å². The number of hydrogen-bond donors (Lipinski definition) is 1. The van der Waals surface area contributed by atoms with Crippen LogP contribution in [0.2, 0.25) is 0 Å². The molecule has 0 bridgehead atoms. The largest absolute Gasteiger partial charge is 0.435 e. The molecule has 2 heterocycles. The second-order valence-electron chi connectivity index (χ2n) is 4.57. The lowest BCUT2D eigenvalue weighted by Gasteiger charge is -2.02. The van der Waals surface area contributed by atoms with Crippen molar-refractivity contribution in [3.05, 3.63) is 36.2 Å². The van der Waals surface area contributed by atoms with E-state index < -0.39 is 6.61 Å². The topological polar surface area (TPSA) is 69.0 Å². The first-order chi connectivity index (χ1) is 11.0. The maximum Gasteiger partial charge on any atom is 0.387 e. The number of nitrogens with one attached hydrogen (secondary N) is 1. The van der Waals surface area contributed by atoms with Crippen molar-refractivity contribution in [2.75, 3.05) is 5.32 Å². The van der Waals surface area contributed by atoms with Gasteiger partial charge in [0, 0.05) is 12.7 Å². The number of carbonyl (C=O) groups excluding carboxylic acids is 1. The third kappa shape index (κ3) is 3.45. The molecule has 0 unspecified atom stereocenters. The highest BCUT2D eigenvalue weighted by atomic mass is 32.1. The number of aromatic nitrogens is 3. The number of fused-ring (bicyclic) bond motifs is 1. The van der Waals surface area contributed by atoms with E-state index in [0.29, 0.717) is 27.5 Å². The van der Waals surface area contributed by atoms with Crippen LogP contribution in [0.1, 0.15) is 17.3 Å². The van der Waals surface area contributed by atoms with Crippen molar-refractivity contribution >= 4 is 32.6 Å². The van der Waals surface area contributed by atoms with E-state index in [1.54, 1.807) is 16.9 Å². The van der Waals surface area contributed by atoms with Crippen LogP contribution in [-0.4, -0.2) is 27.3 Å². The van der Waals surface area contributed by atoms with Gasteiger partial charge in [-0.25, -0.2) is 4.98 Å². The van der Waals surface area contributed by atoms with Crippen molar-refractivity contribution in [3.63, 3.8) is 0 Å². The lowest BCUT2D eigenvalue weighted by molar-refractivity contribution is -0.0497. The van der Waals surface area contributed by atoms with Gasteiger partial charge in [-0.05, 0) is 25.1 Å². The fourth-order valence-electron chi connectivity index (χ4n) is 1.96. The average Bonchev–Trinajstić information content (AvgIpc) is 3.11. The molecule has 0 saturated carbocycles. The molecule has 1 amide bonds. The standard InChI is InChI=1S/C14H12F2N4O2S/c1-2-20-7-8(6-17-20)12(21)19-14-18-10-4-3-9(22-13(15)16)5-11(10)23-14/h3-7,13H,2H2,1H3,(H,18,19,21). The summed E-state index contributed by atoms with van der Waals surface area (Å²) in [7, 11) is 0. The summed E-state index contributed by atoms with van der Waals surface area (Å²) in [6.07, 6.45) is 3.11. The van der Waals surface area contributed by atoms with E-state index in [2.05, 4.69) is 20.1 Å². The van der Waals surface area contributed by atoms with Gasteiger partial charge in [0.25, 0.3) is 5.91 Å². The molecule has 2 aromatic heterocycles. The molecule has 9 heteroatoms. The molecule has 0 saturated heterocycles. The molecule has 0 spiro atoms. The number of benzene rings is 1. The predicted octanol–water partition coefficient (Wildman–Crippen LogP) is 3.37. The number of carbonyl (C=O) groups is 1. The molecule has 1 N–H and O–H groups in total. The minimum absolute atomic E-state index is 0.0539. The van der Waals surface area contributed by atoms with Crippen LogP contribution in [-0.2, 0) is 6.54 Å². The molecule has 120 valence electrons. The third-order valence-corrected chi connectivity index (χ3v) is 3.96. The maximum atomic E-state index is 12.2. The Morgan fingerprint density at radius 2 is 2.30 bits per heavy atom. The van der Waals surface area contributed by atoms with E-state index >= 15 is 0 Å². The summed E-state index contributed by atoms with van der Waals surface area (Å²) in [4.78, 5) is 16.4. The zero-order chi connectivity index (χ0) is 16.4. The fourth-order valence-corrected chi connectivity index (χ4v) is 2.85. The van der Waals surface area contributed by atoms with E-state index in [0.717, 1.165) is 0 Å². The van der Waals surface area contributed by atoms with Gasteiger partial charge in [0.15, 0.2) is 5.13 Å². The molecule has 0 aliphatic heterocycles. The van der Waals surface area contributed by atoms with Gasteiger partial charge in [-0.1, -0.05) is 11.3 Å². The second-order valence-corrected chi connectivity index (χ2v) is 5.60. The van der Waals surface area contributed by atoms with Crippen LogP contribution in [0, 0.1) is 0 Å². The minimum atomic E-state index is -2.88. The van der Waals surface area contributed by atoms with Crippen LogP contribution in [0.15, 0.2) is 30.6 Å². The molecule has 0 atom stereocenters. The Morgan fingerprint density at radius 1 is 1.48 bits per heavy atom. The summed E-state index contributed by atoms with van der Waals surface area (Å²) in [6.45, 7) is -0.294. The molecule has 3 rings (SSSR count). The van der Waals surface area contributed by atoms with Crippen molar-refractivity contribution < 1.29 is 18.3 Å². The number of rotatable bonds is 5. The normalized spacial score (nSPS) is 11.1. The van der Waals surface area contributed by atoms with Crippen molar-refractivity contribution in [3.8, 4) is 5.75 Å². The van der Waals surface area contributed by atoms with E-state index in [1.165, 1.54) is 29.7 Å². The number of nitrogens with zero attached hydrogens (tertiary/aromatic N) is 3. The van der Waals surface area contributed by atoms with Crippen molar-refractivity contribution in [1.29, 1.82) is 0 Å². The smallest absolute Gasteiger partial charge is 0.387 e. The van der Waals surface area contributed by atoms with Gasteiger partial charge >= 0.3 is 6.61 Å². The highest BCUT2D eigenvalue weighted by Crippen LogP contribution is 2.30. The zero-order valence-corrected chi connectivity index (χ0v) is 12.8. The van der Waals surface area contributed by atoms with E-state index in [4.69, 9.17) is 0 Å². The highest BCUT2D eigenvalue weighted by Gasteiger charge is 2.13. The second kappa shape index (κ2) is 6.29. The number of amides is 1. The zero-order valence-electron chi connectivity index (χ0n) is 12.0. The van der Waals surface area contributed by atoms with Crippen LogP contribution in [0.5, 0.6) is 5.75 Å². The lowest BCUT2D eigenvalue weighted by Crippen LogP contribution is -2.10. The summed E-state index contributed by atoms with van der Waals surface area (Å²) in [5.74, 6) is -0.272. The molecule has 3 aromatic rings. The Morgan fingerprint density at radius 3 is 3.00 bits per heavy atom. The van der Waals surface area contributed by atoms with E-state index in [9.17, 15) is 13.6 Å². The van der Waals surface area contributed by atoms with Gasteiger partial charge in [0.1, 0.15) is 5.75 Å². The van der Waals surface area contributed by atoms with Crippen LogP contribution < -0.4 is 10.1 Å². The number of anilines is 1. The van der Waals surface area contributed by atoms with Crippen LogP contribution >= 0.6 is 11.3 Å². The number of thiazole rings is 1. The minimum Gasteiger partial charge on any atom is -0.435 e. The monoisotopic (exact) mass is 338 g/mol. The maximum absolute atomic E-state index is 12.2. The average molecular weight is 338 g/mol. The summed E-state index contributed by atoms with van der Waals surface area (Å²) in [5, 5.41) is 7.08. The van der Waals surface area contributed by atoms with E-state index in [1.807, 2.05) is 6.92 Å². The van der Waals surface area contributed by atoms with Gasteiger partial charge in [0.2, 0.25) is 0 Å². The molecule has 23 heavy (non-hydrogen) atoms. The number of aryl methyl sites for hydroxylation is 1. The summed E-state index contributed by atoms with van der Waals surface area (Å²) in [5.41, 5.74) is 1.02. The molecular formula is C14H12F2N4O2S. The summed E-state index contributed by atoms with van der Waals surface area (Å²) >= 11 is 1.18. The SMILES string of the molecule is CCn1cc(C(=O)Nc2nc3ccc(OC(F)F)cc3s2)cn1. The van der Waals surface area contributed by atoms with Gasteiger partial charge < -0.3 is 4.74 Å². The van der Waals surface area contributed by atoms with Crippen LogP contribution in [0.25, 0.3) is 10.2 Å². The Hall–Kier alpha value is -2.55. The van der Waals surface area contributed by atoms with Gasteiger partial charge in [0.05, 0.1) is 22.0 Å². The molecule has 1 aromatic carbocycles. The van der Waals surface area contributed by atoms with Crippen molar-refractivity contribution in [2.45, 2.75) is 20.1 Å². The Kier molecular flexibility index (Phi) is 4.20. The fraction of sp³-hybridized carbons (Fsp3) is 0.214. The molecule has 0 aliphatic carbocycles. The lowest BCUT2D eigenvalue weighted by atomic mass is 10.3.